The summed E-state index contributed by atoms with van der Waals surface area (Å²) < 4.78 is 20.6. The van der Waals surface area contributed by atoms with Crippen molar-refractivity contribution in [2.45, 2.75) is 25.7 Å². The quantitative estimate of drug-likeness (QED) is 0.370. The van der Waals surface area contributed by atoms with Crippen LogP contribution >= 0.6 is 0 Å². The third-order valence-corrected chi connectivity index (χ3v) is 1.78. The molecule has 0 radical (unpaired) electrons. The maximum atomic E-state index is 5.41. The van der Waals surface area contributed by atoms with Crippen LogP contribution in [0.5, 0.6) is 0 Å². The summed E-state index contributed by atoms with van der Waals surface area (Å²) in [5, 5.41) is 0. The lowest BCUT2D eigenvalue weighted by atomic mass is 10.4. The van der Waals surface area contributed by atoms with Crippen LogP contribution in [0.2, 0.25) is 0 Å². The lowest BCUT2D eigenvalue weighted by Gasteiger charge is -2.03. The van der Waals surface area contributed by atoms with E-state index in [1.807, 2.05) is 19.1 Å². The first kappa shape index (κ1) is 11.7. The zero-order valence-corrected chi connectivity index (χ0v) is 8.77. The fourth-order valence-electron chi connectivity index (χ4n) is 1.14. The molecule has 0 N–H and O–H groups in total. The topological polar surface area (TPSA) is 36.9 Å². The van der Waals surface area contributed by atoms with Gasteiger partial charge in [0, 0.05) is 7.11 Å². The van der Waals surface area contributed by atoms with Crippen LogP contribution in [0.25, 0.3) is 0 Å². The molecule has 0 saturated carbocycles. The molecule has 1 aliphatic rings. The summed E-state index contributed by atoms with van der Waals surface area (Å²) in [6.07, 6.45) is 4.79. The fraction of sp³-hybridized carbons (Fsp3) is 0.800. The second-order valence-corrected chi connectivity index (χ2v) is 3.18. The average Bonchev–Trinajstić information content (AvgIpc) is 2.58. The monoisotopic (exact) mass is 202 g/mol. The molecule has 0 bridgehead atoms. The molecule has 0 aromatic carbocycles. The molecule has 14 heavy (non-hydrogen) atoms. The lowest BCUT2D eigenvalue weighted by molar-refractivity contribution is -0.0292. The van der Waals surface area contributed by atoms with E-state index in [1.165, 1.54) is 0 Å². The van der Waals surface area contributed by atoms with E-state index in [0.717, 1.165) is 6.42 Å². The standard InChI is InChI=1S/C10H18O4/c1-9-7-13-10(14-9)5-3-4-6-12-8-11-2/h3,5,9-10H,4,6-8H2,1-2H3/b5-3+. The first-order valence-corrected chi connectivity index (χ1v) is 4.83. The average molecular weight is 202 g/mol. The Balaban J connectivity index is 1.97. The Morgan fingerprint density at radius 3 is 3.00 bits per heavy atom. The number of methoxy groups -OCH3 is 1. The van der Waals surface area contributed by atoms with Crippen LogP contribution in [-0.2, 0) is 18.9 Å². The Bertz CT molecular complexity index is 170. The minimum atomic E-state index is -0.174. The van der Waals surface area contributed by atoms with Gasteiger partial charge in [-0.15, -0.1) is 0 Å². The van der Waals surface area contributed by atoms with Crippen molar-refractivity contribution in [1.82, 2.24) is 0 Å². The van der Waals surface area contributed by atoms with Gasteiger partial charge in [0.15, 0.2) is 6.29 Å². The van der Waals surface area contributed by atoms with Gasteiger partial charge in [-0.2, -0.15) is 0 Å². The van der Waals surface area contributed by atoms with Crippen LogP contribution < -0.4 is 0 Å². The third kappa shape index (κ3) is 4.72. The maximum absolute atomic E-state index is 5.41. The number of rotatable bonds is 6. The van der Waals surface area contributed by atoms with E-state index < -0.39 is 0 Å². The first-order valence-electron chi connectivity index (χ1n) is 4.83. The summed E-state index contributed by atoms with van der Waals surface area (Å²) in [5.74, 6) is 0. The van der Waals surface area contributed by atoms with Gasteiger partial charge in [-0.25, -0.2) is 0 Å². The molecule has 4 nitrogen and oxygen atoms in total. The highest BCUT2D eigenvalue weighted by atomic mass is 16.7. The summed E-state index contributed by atoms with van der Waals surface area (Å²) >= 11 is 0. The summed E-state index contributed by atoms with van der Waals surface area (Å²) in [5.41, 5.74) is 0. The smallest absolute Gasteiger partial charge is 0.177 e. The zero-order chi connectivity index (χ0) is 10.2. The van der Waals surface area contributed by atoms with Crippen molar-refractivity contribution in [3.8, 4) is 0 Å². The summed E-state index contributed by atoms with van der Waals surface area (Å²) in [4.78, 5) is 0. The Hall–Kier alpha value is -0.420. The molecular formula is C10H18O4. The van der Waals surface area contributed by atoms with Crippen molar-refractivity contribution in [2.75, 3.05) is 27.1 Å². The number of hydrogen-bond donors (Lipinski definition) is 0. The highest BCUT2D eigenvalue weighted by Crippen LogP contribution is 2.11. The van der Waals surface area contributed by atoms with Crippen LogP contribution in [0, 0.1) is 0 Å². The van der Waals surface area contributed by atoms with E-state index >= 15 is 0 Å². The largest absolute Gasteiger partial charge is 0.359 e. The number of ether oxygens (including phenoxy) is 4. The number of hydrogen-bond acceptors (Lipinski definition) is 4. The summed E-state index contributed by atoms with van der Waals surface area (Å²) in [6, 6.07) is 0. The molecule has 0 amide bonds. The van der Waals surface area contributed by atoms with Crippen molar-refractivity contribution >= 4 is 0 Å². The minimum Gasteiger partial charge on any atom is -0.359 e. The Labute approximate surface area is 84.8 Å². The van der Waals surface area contributed by atoms with Crippen LogP contribution in [0.3, 0.4) is 0 Å². The molecule has 4 heteroatoms. The Morgan fingerprint density at radius 2 is 2.36 bits per heavy atom. The maximum Gasteiger partial charge on any atom is 0.177 e. The highest BCUT2D eigenvalue weighted by Gasteiger charge is 2.18. The van der Waals surface area contributed by atoms with Gasteiger partial charge in [0.1, 0.15) is 6.79 Å². The zero-order valence-electron chi connectivity index (χ0n) is 8.77. The second-order valence-electron chi connectivity index (χ2n) is 3.18. The van der Waals surface area contributed by atoms with Gasteiger partial charge >= 0.3 is 0 Å². The van der Waals surface area contributed by atoms with Crippen LogP contribution in [0.4, 0.5) is 0 Å². The second kappa shape index (κ2) is 6.95. The minimum absolute atomic E-state index is 0.174. The van der Waals surface area contributed by atoms with Gasteiger partial charge in [0.2, 0.25) is 0 Å². The van der Waals surface area contributed by atoms with E-state index in [9.17, 15) is 0 Å². The van der Waals surface area contributed by atoms with Crippen LogP contribution in [0.1, 0.15) is 13.3 Å². The van der Waals surface area contributed by atoms with E-state index in [2.05, 4.69) is 0 Å². The fourth-order valence-corrected chi connectivity index (χ4v) is 1.14. The molecule has 1 heterocycles. The third-order valence-electron chi connectivity index (χ3n) is 1.78. The van der Waals surface area contributed by atoms with Gasteiger partial charge in [0.25, 0.3) is 0 Å². The molecule has 1 aliphatic heterocycles. The molecule has 1 rings (SSSR count). The van der Waals surface area contributed by atoms with Crippen molar-refractivity contribution in [3.63, 3.8) is 0 Å². The van der Waals surface area contributed by atoms with E-state index in [1.54, 1.807) is 7.11 Å². The molecule has 82 valence electrons. The van der Waals surface area contributed by atoms with Crippen LogP contribution in [-0.4, -0.2) is 39.5 Å². The van der Waals surface area contributed by atoms with Gasteiger partial charge in [-0.05, 0) is 19.4 Å². The molecule has 0 aromatic heterocycles. The van der Waals surface area contributed by atoms with Crippen LogP contribution in [0.15, 0.2) is 12.2 Å². The molecule has 0 spiro atoms. The molecule has 0 aliphatic carbocycles. The molecule has 1 saturated heterocycles. The lowest BCUT2D eigenvalue weighted by Crippen LogP contribution is -2.05. The van der Waals surface area contributed by atoms with Crippen molar-refractivity contribution in [1.29, 1.82) is 0 Å². The Morgan fingerprint density at radius 1 is 1.50 bits per heavy atom. The highest BCUT2D eigenvalue weighted by molar-refractivity contribution is 4.87. The van der Waals surface area contributed by atoms with E-state index in [-0.39, 0.29) is 12.4 Å². The molecule has 2 unspecified atom stereocenters. The first-order chi connectivity index (χ1) is 6.83. The van der Waals surface area contributed by atoms with Crippen molar-refractivity contribution < 1.29 is 18.9 Å². The van der Waals surface area contributed by atoms with Crippen molar-refractivity contribution in [3.05, 3.63) is 12.2 Å². The summed E-state index contributed by atoms with van der Waals surface area (Å²) in [7, 11) is 1.61. The van der Waals surface area contributed by atoms with Gasteiger partial charge in [-0.3, -0.25) is 0 Å². The normalized spacial score (nSPS) is 27.6. The van der Waals surface area contributed by atoms with Crippen molar-refractivity contribution in [2.24, 2.45) is 0 Å². The summed E-state index contributed by atoms with van der Waals surface area (Å²) in [6.45, 7) is 3.68. The predicted octanol–water partition coefficient (Wildman–Crippen LogP) is 1.31. The predicted molar refractivity (Wildman–Crippen MR) is 51.9 cm³/mol. The molecular weight excluding hydrogens is 184 g/mol. The van der Waals surface area contributed by atoms with Gasteiger partial charge < -0.3 is 18.9 Å². The van der Waals surface area contributed by atoms with E-state index in [4.69, 9.17) is 18.9 Å². The molecule has 0 aromatic rings. The SMILES string of the molecule is COCOCC/C=C/C1OCC(C)O1. The Kier molecular flexibility index (Phi) is 5.78. The van der Waals surface area contributed by atoms with E-state index in [0.29, 0.717) is 20.0 Å². The molecule has 2 atom stereocenters. The van der Waals surface area contributed by atoms with Gasteiger partial charge in [0.05, 0.1) is 19.3 Å². The van der Waals surface area contributed by atoms with Gasteiger partial charge in [-0.1, -0.05) is 6.08 Å². The molecule has 1 fully saturated rings.